The summed E-state index contributed by atoms with van der Waals surface area (Å²) in [4.78, 5) is 24.4. The van der Waals surface area contributed by atoms with Crippen LogP contribution in [-0.2, 0) is 16.0 Å². The lowest BCUT2D eigenvalue weighted by Gasteiger charge is -2.30. The zero-order chi connectivity index (χ0) is 17.4. The van der Waals surface area contributed by atoms with Gasteiger partial charge in [-0.2, -0.15) is 0 Å². The summed E-state index contributed by atoms with van der Waals surface area (Å²) >= 11 is 0. The van der Waals surface area contributed by atoms with Gasteiger partial charge < -0.3 is 21.5 Å². The molecule has 2 amide bonds. The number of nitrogens with two attached hydrogens (primary N) is 2. The summed E-state index contributed by atoms with van der Waals surface area (Å²) in [6.07, 6.45) is 5.39. The lowest BCUT2D eigenvalue weighted by Crippen LogP contribution is -2.57. The molecule has 132 valence electrons. The van der Waals surface area contributed by atoms with Crippen LogP contribution in [0.5, 0.6) is 5.75 Å². The van der Waals surface area contributed by atoms with Gasteiger partial charge in [-0.05, 0) is 30.5 Å². The second kappa shape index (κ2) is 8.68. The van der Waals surface area contributed by atoms with Crippen molar-refractivity contribution in [2.24, 2.45) is 11.5 Å². The maximum atomic E-state index is 12.4. The van der Waals surface area contributed by atoms with E-state index in [1.807, 2.05) is 24.3 Å². The Kier molecular flexibility index (Phi) is 6.61. The van der Waals surface area contributed by atoms with E-state index in [2.05, 4.69) is 5.32 Å². The number of carbonyl (C=O) groups is 2. The molecule has 6 heteroatoms. The van der Waals surface area contributed by atoms with Gasteiger partial charge in [0, 0.05) is 6.54 Å². The fourth-order valence-electron chi connectivity index (χ4n) is 3.18. The number of rotatable bonds is 7. The van der Waals surface area contributed by atoms with E-state index in [1.54, 1.807) is 0 Å². The van der Waals surface area contributed by atoms with Crippen molar-refractivity contribution in [1.29, 1.82) is 0 Å². The molecule has 2 rings (SSSR count). The van der Waals surface area contributed by atoms with E-state index in [9.17, 15) is 9.59 Å². The highest BCUT2D eigenvalue weighted by Crippen LogP contribution is 2.27. The number of hydrogen-bond acceptors (Lipinski definition) is 4. The smallest absolute Gasteiger partial charge is 0.243 e. The molecule has 0 radical (unpaired) electrons. The average molecular weight is 333 g/mol. The van der Waals surface area contributed by atoms with Crippen LogP contribution in [0.3, 0.4) is 0 Å². The second-order valence-electron chi connectivity index (χ2n) is 6.37. The number of primary amides is 1. The van der Waals surface area contributed by atoms with E-state index in [4.69, 9.17) is 16.2 Å². The molecule has 0 saturated heterocycles. The topological polar surface area (TPSA) is 107 Å². The van der Waals surface area contributed by atoms with Crippen LogP contribution in [0.4, 0.5) is 0 Å². The van der Waals surface area contributed by atoms with Crippen molar-refractivity contribution >= 4 is 11.8 Å². The first-order valence-corrected chi connectivity index (χ1v) is 8.58. The number of ether oxygens (including phenoxy) is 1. The number of benzene rings is 1. The molecule has 0 heterocycles. The monoisotopic (exact) mass is 333 g/mol. The van der Waals surface area contributed by atoms with Crippen molar-refractivity contribution in [1.82, 2.24) is 5.32 Å². The summed E-state index contributed by atoms with van der Waals surface area (Å²) in [5.74, 6) is 0.0642. The van der Waals surface area contributed by atoms with E-state index in [-0.39, 0.29) is 12.3 Å². The van der Waals surface area contributed by atoms with Crippen LogP contribution in [0.1, 0.15) is 44.1 Å². The third-order valence-corrected chi connectivity index (χ3v) is 4.46. The Bertz CT molecular complexity index is 566. The Labute approximate surface area is 142 Å². The van der Waals surface area contributed by atoms with Gasteiger partial charge in [0.2, 0.25) is 11.8 Å². The predicted octanol–water partition coefficient (Wildman–Crippen LogP) is 1.26. The molecule has 24 heavy (non-hydrogen) atoms. The van der Waals surface area contributed by atoms with Gasteiger partial charge in [0.15, 0.2) is 0 Å². The summed E-state index contributed by atoms with van der Waals surface area (Å²) in [7, 11) is 0. The molecule has 0 aromatic heterocycles. The van der Waals surface area contributed by atoms with E-state index < -0.39 is 11.4 Å². The maximum Gasteiger partial charge on any atom is 0.243 e. The number of nitrogens with one attached hydrogen (secondary N) is 1. The van der Waals surface area contributed by atoms with Crippen molar-refractivity contribution in [2.75, 3.05) is 13.2 Å². The van der Waals surface area contributed by atoms with Crippen molar-refractivity contribution in [3.05, 3.63) is 29.8 Å². The molecule has 1 aromatic carbocycles. The van der Waals surface area contributed by atoms with Crippen LogP contribution in [0, 0.1) is 0 Å². The first-order chi connectivity index (χ1) is 11.6. The highest BCUT2D eigenvalue weighted by atomic mass is 16.5. The van der Waals surface area contributed by atoms with Crippen molar-refractivity contribution in [3.63, 3.8) is 0 Å². The minimum Gasteiger partial charge on any atom is -0.492 e. The summed E-state index contributed by atoms with van der Waals surface area (Å²) in [5, 5.41) is 2.91. The van der Waals surface area contributed by atoms with E-state index in [0.717, 1.165) is 31.2 Å². The molecule has 1 aromatic rings. The van der Waals surface area contributed by atoms with Crippen molar-refractivity contribution in [3.8, 4) is 5.75 Å². The van der Waals surface area contributed by atoms with Crippen LogP contribution in [-0.4, -0.2) is 30.5 Å². The van der Waals surface area contributed by atoms with Crippen LogP contribution < -0.4 is 21.5 Å². The molecule has 0 bridgehead atoms. The quantitative estimate of drug-likeness (QED) is 0.653. The summed E-state index contributed by atoms with van der Waals surface area (Å²) in [6.45, 7) is 0.867. The molecule has 5 N–H and O–H groups in total. The van der Waals surface area contributed by atoms with Crippen LogP contribution in [0.15, 0.2) is 24.3 Å². The summed E-state index contributed by atoms with van der Waals surface area (Å²) in [5.41, 5.74) is 11.0. The van der Waals surface area contributed by atoms with Crippen LogP contribution >= 0.6 is 0 Å². The first-order valence-electron chi connectivity index (χ1n) is 8.58. The van der Waals surface area contributed by atoms with Crippen LogP contribution in [0.2, 0.25) is 0 Å². The Morgan fingerprint density at radius 3 is 2.50 bits per heavy atom. The zero-order valence-corrected chi connectivity index (χ0v) is 14.1. The van der Waals surface area contributed by atoms with E-state index >= 15 is 0 Å². The fraction of sp³-hybridized carbons (Fsp3) is 0.556. The fourth-order valence-corrected chi connectivity index (χ4v) is 3.18. The zero-order valence-electron chi connectivity index (χ0n) is 14.1. The first kappa shape index (κ1) is 18.3. The highest BCUT2D eigenvalue weighted by Gasteiger charge is 2.38. The van der Waals surface area contributed by atoms with Gasteiger partial charge in [-0.25, -0.2) is 0 Å². The Balaban J connectivity index is 2.01. The second-order valence-corrected chi connectivity index (χ2v) is 6.37. The van der Waals surface area contributed by atoms with Gasteiger partial charge in [0.25, 0.3) is 0 Å². The summed E-state index contributed by atoms with van der Waals surface area (Å²) < 4.78 is 5.47. The number of carbonyl (C=O) groups excluding carboxylic acids is 2. The van der Waals surface area contributed by atoms with Crippen molar-refractivity contribution < 1.29 is 14.3 Å². The highest BCUT2D eigenvalue weighted by molar-refractivity contribution is 5.91. The van der Waals surface area contributed by atoms with Gasteiger partial charge in [0.1, 0.15) is 17.9 Å². The molecule has 1 aliphatic rings. The van der Waals surface area contributed by atoms with E-state index in [0.29, 0.717) is 31.7 Å². The Morgan fingerprint density at radius 2 is 1.88 bits per heavy atom. The maximum absolute atomic E-state index is 12.4. The van der Waals surface area contributed by atoms with Gasteiger partial charge >= 0.3 is 0 Å². The molecule has 0 unspecified atom stereocenters. The lowest BCUT2D eigenvalue weighted by molar-refractivity contribution is -0.131. The molecule has 0 spiro atoms. The van der Waals surface area contributed by atoms with Crippen LogP contribution in [0.25, 0.3) is 0 Å². The molecule has 1 fully saturated rings. The lowest BCUT2D eigenvalue weighted by atomic mass is 9.89. The predicted molar refractivity (Wildman–Crippen MR) is 92.5 cm³/mol. The molecule has 6 nitrogen and oxygen atoms in total. The Hall–Kier alpha value is -2.08. The normalized spacial score (nSPS) is 16.9. The minimum atomic E-state index is -0.902. The van der Waals surface area contributed by atoms with E-state index in [1.165, 1.54) is 0 Å². The number of hydrogen-bond donors (Lipinski definition) is 3. The van der Waals surface area contributed by atoms with Gasteiger partial charge in [-0.15, -0.1) is 0 Å². The molecular formula is C18H27N3O3. The van der Waals surface area contributed by atoms with Crippen molar-refractivity contribution in [2.45, 2.75) is 50.5 Å². The third kappa shape index (κ3) is 4.96. The van der Waals surface area contributed by atoms with Gasteiger partial charge in [-0.3, -0.25) is 9.59 Å². The molecular weight excluding hydrogens is 306 g/mol. The number of amides is 2. The van der Waals surface area contributed by atoms with Gasteiger partial charge in [0.05, 0.1) is 6.42 Å². The minimum absolute atomic E-state index is 0.188. The standard InChI is InChI=1S/C18H27N3O3/c19-10-11-24-15-7-5-6-14(12-15)13-16(22)21-18(17(20)23)8-3-1-2-4-9-18/h5-7,12H,1-4,8-11,13,19H2,(H2,20,23)(H,21,22). The Morgan fingerprint density at radius 1 is 1.17 bits per heavy atom. The average Bonchev–Trinajstić information content (AvgIpc) is 2.79. The summed E-state index contributed by atoms with van der Waals surface area (Å²) in [6, 6.07) is 7.34. The molecule has 1 saturated carbocycles. The van der Waals surface area contributed by atoms with Gasteiger partial charge in [-0.1, -0.05) is 37.8 Å². The SMILES string of the molecule is NCCOc1cccc(CC(=O)NC2(C(N)=O)CCCCCC2)c1. The largest absolute Gasteiger partial charge is 0.492 e. The molecule has 0 atom stereocenters. The molecule has 1 aliphatic carbocycles. The molecule has 0 aliphatic heterocycles. The third-order valence-electron chi connectivity index (χ3n) is 4.46.